The van der Waals surface area contributed by atoms with E-state index in [-0.39, 0.29) is 11.6 Å². The Morgan fingerprint density at radius 3 is 2.70 bits per heavy atom. The largest absolute Gasteiger partial charge is 0.485 e. The molecule has 0 saturated carbocycles. The summed E-state index contributed by atoms with van der Waals surface area (Å²) in [7, 11) is 1.61. The highest BCUT2D eigenvalue weighted by Crippen LogP contribution is 2.44. The molecule has 2 aromatic rings. The highest BCUT2D eigenvalue weighted by atomic mass is 16.5. The lowest BCUT2D eigenvalue weighted by atomic mass is 9.94. The number of hydrogen-bond acceptors (Lipinski definition) is 4. The average molecular weight is 270 g/mol. The predicted molar refractivity (Wildman–Crippen MR) is 78.3 cm³/mol. The molecule has 1 aromatic carbocycles. The molecule has 2 heterocycles. The van der Waals surface area contributed by atoms with Gasteiger partial charge in [-0.15, -0.1) is 0 Å². The minimum Gasteiger partial charge on any atom is -0.485 e. The number of pyridine rings is 1. The molecular weight excluding hydrogens is 252 g/mol. The van der Waals surface area contributed by atoms with E-state index in [0.717, 1.165) is 11.4 Å². The van der Waals surface area contributed by atoms with Crippen LogP contribution in [0.2, 0.25) is 0 Å². The summed E-state index contributed by atoms with van der Waals surface area (Å²) in [6.07, 6.45) is 1.77. The lowest BCUT2D eigenvalue weighted by molar-refractivity contribution is 0.118. The second-order valence-electron chi connectivity index (χ2n) is 5.41. The van der Waals surface area contributed by atoms with E-state index < -0.39 is 0 Å². The van der Waals surface area contributed by atoms with Crippen molar-refractivity contribution in [1.29, 1.82) is 0 Å². The van der Waals surface area contributed by atoms with Crippen LogP contribution in [0.1, 0.15) is 25.5 Å². The smallest absolute Gasteiger partial charge is 0.213 e. The molecule has 4 heteroatoms. The molecule has 0 saturated heterocycles. The first kappa shape index (κ1) is 12.8. The lowest BCUT2D eigenvalue weighted by Gasteiger charge is -2.27. The molecule has 3 rings (SSSR count). The molecule has 1 unspecified atom stereocenters. The van der Waals surface area contributed by atoms with Crippen LogP contribution in [-0.4, -0.2) is 17.7 Å². The van der Waals surface area contributed by atoms with Crippen LogP contribution in [0.15, 0.2) is 42.6 Å². The predicted octanol–water partition coefficient (Wildman–Crippen LogP) is 3.41. The van der Waals surface area contributed by atoms with Crippen molar-refractivity contribution >= 4 is 5.69 Å². The van der Waals surface area contributed by atoms with Crippen molar-refractivity contribution in [3.05, 3.63) is 48.2 Å². The molecule has 4 nitrogen and oxygen atoms in total. The summed E-state index contributed by atoms with van der Waals surface area (Å²) in [4.78, 5) is 4.22. The fourth-order valence-electron chi connectivity index (χ4n) is 2.53. The topological polar surface area (TPSA) is 43.4 Å². The minimum absolute atomic E-state index is 0.0916. The Morgan fingerprint density at radius 1 is 1.20 bits per heavy atom. The third-order valence-corrected chi connectivity index (χ3v) is 3.55. The summed E-state index contributed by atoms with van der Waals surface area (Å²) in [5.74, 6) is 1.55. The Hall–Kier alpha value is -2.23. The van der Waals surface area contributed by atoms with Crippen LogP contribution in [0, 0.1) is 0 Å². The standard InChI is InChI=1S/C16H18N2O2/c1-16(2)15(12-6-4-5-7-13(12)20-16)18-11-8-9-14(19-3)17-10-11/h4-10,15,18H,1-3H3. The lowest BCUT2D eigenvalue weighted by Crippen LogP contribution is -2.34. The summed E-state index contributed by atoms with van der Waals surface area (Å²) < 4.78 is 11.1. The van der Waals surface area contributed by atoms with Gasteiger partial charge in [-0.2, -0.15) is 0 Å². The van der Waals surface area contributed by atoms with Gasteiger partial charge in [-0.1, -0.05) is 18.2 Å². The van der Waals surface area contributed by atoms with Crippen molar-refractivity contribution in [1.82, 2.24) is 4.98 Å². The maximum absolute atomic E-state index is 6.02. The number of fused-ring (bicyclic) bond motifs is 1. The van der Waals surface area contributed by atoms with Crippen molar-refractivity contribution in [2.45, 2.75) is 25.5 Å². The van der Waals surface area contributed by atoms with Crippen LogP contribution in [0.3, 0.4) is 0 Å². The van der Waals surface area contributed by atoms with Crippen LogP contribution in [-0.2, 0) is 0 Å². The first-order valence-corrected chi connectivity index (χ1v) is 6.65. The maximum Gasteiger partial charge on any atom is 0.213 e. The van der Waals surface area contributed by atoms with Crippen LogP contribution >= 0.6 is 0 Å². The minimum atomic E-state index is -0.302. The molecule has 0 amide bonds. The number of benzene rings is 1. The molecule has 0 bridgehead atoms. The van der Waals surface area contributed by atoms with Crippen LogP contribution in [0.4, 0.5) is 5.69 Å². The number of rotatable bonds is 3. The highest BCUT2D eigenvalue weighted by molar-refractivity contribution is 5.51. The number of nitrogens with zero attached hydrogens (tertiary/aromatic N) is 1. The third-order valence-electron chi connectivity index (χ3n) is 3.55. The van der Waals surface area contributed by atoms with Crippen LogP contribution < -0.4 is 14.8 Å². The summed E-state index contributed by atoms with van der Waals surface area (Å²) in [6.45, 7) is 4.17. The van der Waals surface area contributed by atoms with Gasteiger partial charge < -0.3 is 14.8 Å². The number of para-hydroxylation sites is 1. The Labute approximate surface area is 118 Å². The van der Waals surface area contributed by atoms with Gasteiger partial charge in [0.15, 0.2) is 0 Å². The second-order valence-corrected chi connectivity index (χ2v) is 5.41. The molecule has 1 N–H and O–H groups in total. The molecule has 20 heavy (non-hydrogen) atoms. The van der Waals surface area contributed by atoms with Crippen molar-refractivity contribution in [3.63, 3.8) is 0 Å². The van der Waals surface area contributed by atoms with Gasteiger partial charge in [0.05, 0.1) is 25.0 Å². The number of hydrogen-bond donors (Lipinski definition) is 1. The zero-order valence-corrected chi connectivity index (χ0v) is 11.9. The van der Waals surface area contributed by atoms with E-state index in [0.29, 0.717) is 5.88 Å². The average Bonchev–Trinajstić information content (AvgIpc) is 2.70. The van der Waals surface area contributed by atoms with E-state index in [4.69, 9.17) is 9.47 Å². The van der Waals surface area contributed by atoms with E-state index in [2.05, 4.69) is 30.2 Å². The molecule has 0 aliphatic carbocycles. The van der Waals surface area contributed by atoms with Gasteiger partial charge in [0.2, 0.25) is 5.88 Å². The first-order valence-electron chi connectivity index (χ1n) is 6.65. The first-order chi connectivity index (χ1) is 9.60. The summed E-state index contributed by atoms with van der Waals surface area (Å²) in [5.41, 5.74) is 1.82. The summed E-state index contributed by atoms with van der Waals surface area (Å²) in [5, 5.41) is 3.50. The van der Waals surface area contributed by atoms with Gasteiger partial charge in [-0.05, 0) is 26.0 Å². The zero-order valence-electron chi connectivity index (χ0n) is 11.9. The molecule has 1 aromatic heterocycles. The number of ether oxygens (including phenoxy) is 2. The second kappa shape index (κ2) is 4.71. The Balaban J connectivity index is 1.88. The Bertz CT molecular complexity index is 608. The highest BCUT2D eigenvalue weighted by Gasteiger charge is 2.40. The van der Waals surface area contributed by atoms with Gasteiger partial charge in [0, 0.05) is 11.6 Å². The fourth-order valence-corrected chi connectivity index (χ4v) is 2.53. The van der Waals surface area contributed by atoms with E-state index in [1.165, 1.54) is 5.56 Å². The molecule has 1 aliphatic rings. The van der Waals surface area contributed by atoms with Gasteiger partial charge >= 0.3 is 0 Å². The van der Waals surface area contributed by atoms with E-state index >= 15 is 0 Å². The Kier molecular flexibility index (Phi) is 3.01. The van der Waals surface area contributed by atoms with Gasteiger partial charge in [-0.3, -0.25) is 0 Å². The van der Waals surface area contributed by atoms with Crippen LogP contribution in [0.5, 0.6) is 11.6 Å². The SMILES string of the molecule is COc1ccc(NC2c3ccccc3OC2(C)C)cn1. The molecular formula is C16H18N2O2. The van der Waals surface area contributed by atoms with Gasteiger partial charge in [0.25, 0.3) is 0 Å². The van der Waals surface area contributed by atoms with E-state index in [1.54, 1.807) is 13.3 Å². The number of methoxy groups -OCH3 is 1. The molecule has 0 radical (unpaired) electrons. The van der Waals surface area contributed by atoms with Gasteiger partial charge in [-0.25, -0.2) is 4.98 Å². The normalized spacial score (nSPS) is 19.1. The van der Waals surface area contributed by atoms with Crippen molar-refractivity contribution < 1.29 is 9.47 Å². The number of nitrogens with one attached hydrogen (secondary N) is 1. The summed E-state index contributed by atoms with van der Waals surface area (Å²) in [6, 6.07) is 12.0. The quantitative estimate of drug-likeness (QED) is 0.928. The Morgan fingerprint density at radius 2 is 2.00 bits per heavy atom. The van der Waals surface area contributed by atoms with Crippen molar-refractivity contribution in [2.24, 2.45) is 0 Å². The zero-order chi connectivity index (χ0) is 14.2. The molecule has 0 spiro atoms. The molecule has 104 valence electrons. The fraction of sp³-hybridized carbons (Fsp3) is 0.312. The molecule has 1 aliphatic heterocycles. The monoisotopic (exact) mass is 270 g/mol. The number of anilines is 1. The van der Waals surface area contributed by atoms with Gasteiger partial charge in [0.1, 0.15) is 11.4 Å². The number of aromatic nitrogens is 1. The van der Waals surface area contributed by atoms with Crippen molar-refractivity contribution in [2.75, 3.05) is 12.4 Å². The maximum atomic E-state index is 6.02. The third kappa shape index (κ3) is 2.18. The van der Waals surface area contributed by atoms with E-state index in [9.17, 15) is 0 Å². The van der Waals surface area contributed by atoms with Crippen LogP contribution in [0.25, 0.3) is 0 Å². The molecule has 1 atom stereocenters. The molecule has 0 fully saturated rings. The van der Waals surface area contributed by atoms with Crippen molar-refractivity contribution in [3.8, 4) is 11.6 Å². The van der Waals surface area contributed by atoms with E-state index in [1.807, 2.05) is 30.3 Å². The summed E-state index contributed by atoms with van der Waals surface area (Å²) >= 11 is 0.